The molecule has 1 aromatic carbocycles. The van der Waals surface area contributed by atoms with E-state index in [2.05, 4.69) is 72.0 Å². The summed E-state index contributed by atoms with van der Waals surface area (Å²) in [5, 5.41) is 0. The fraction of sp³-hybridized carbons (Fsp3) is 0.500. The Balaban J connectivity index is 2.42. The summed E-state index contributed by atoms with van der Waals surface area (Å²) < 4.78 is 2.29. The van der Waals surface area contributed by atoms with Crippen molar-refractivity contribution < 1.29 is 0 Å². The highest BCUT2D eigenvalue weighted by atomic mass is 15.2. The number of nitrogens with zero attached hydrogens (tertiary/aromatic N) is 3. The molecule has 0 N–H and O–H groups in total. The fourth-order valence-corrected chi connectivity index (χ4v) is 3.13. The summed E-state index contributed by atoms with van der Waals surface area (Å²) in [6.45, 7) is 3.24. The molecule has 0 saturated carbocycles. The lowest BCUT2D eigenvalue weighted by Gasteiger charge is -2.38. The molecular formula is C18H27N3. The Hall–Kier alpha value is -1.61. The zero-order valence-electron chi connectivity index (χ0n) is 13.5. The van der Waals surface area contributed by atoms with E-state index in [9.17, 15) is 0 Å². The normalized spacial score (nSPS) is 14.3. The Kier molecular flexibility index (Phi) is 5.57. The van der Waals surface area contributed by atoms with Crippen LogP contribution >= 0.6 is 0 Å². The standard InChI is InChI=1S/C18H27N3/c1-4-5-9-12-18(15-20(2)3,21-14-13-19-16-21)17-10-7-6-8-11-17/h6-8,10-11,13-14,16H,4-5,9,12,15H2,1-3H3. The minimum Gasteiger partial charge on any atom is -0.326 e. The molecule has 0 amide bonds. The van der Waals surface area contributed by atoms with Crippen molar-refractivity contribution in [3.05, 3.63) is 54.6 Å². The Morgan fingerprint density at radius 1 is 1.14 bits per heavy atom. The third kappa shape index (κ3) is 3.73. The van der Waals surface area contributed by atoms with Crippen LogP contribution in [0.2, 0.25) is 0 Å². The first-order chi connectivity index (χ1) is 10.2. The lowest BCUT2D eigenvalue weighted by molar-refractivity contribution is 0.222. The first kappa shape index (κ1) is 15.8. The van der Waals surface area contributed by atoms with Crippen LogP contribution < -0.4 is 0 Å². The molecular weight excluding hydrogens is 258 g/mol. The van der Waals surface area contributed by atoms with Gasteiger partial charge in [0.15, 0.2) is 0 Å². The molecule has 0 aliphatic carbocycles. The molecule has 2 aromatic rings. The Labute approximate surface area is 128 Å². The molecule has 1 heterocycles. The molecule has 0 saturated heterocycles. The number of unbranched alkanes of at least 4 members (excludes halogenated alkanes) is 2. The number of rotatable bonds is 8. The summed E-state index contributed by atoms with van der Waals surface area (Å²) in [5.41, 5.74) is 1.34. The van der Waals surface area contributed by atoms with Crippen LogP contribution in [0.15, 0.2) is 49.1 Å². The van der Waals surface area contributed by atoms with Crippen molar-refractivity contribution in [2.45, 2.75) is 38.1 Å². The number of aromatic nitrogens is 2. The highest BCUT2D eigenvalue weighted by Crippen LogP contribution is 2.32. The van der Waals surface area contributed by atoms with Gasteiger partial charge in [-0.15, -0.1) is 0 Å². The Bertz CT molecular complexity index is 505. The molecule has 3 nitrogen and oxygen atoms in total. The summed E-state index contributed by atoms with van der Waals surface area (Å²) in [6.07, 6.45) is 10.8. The zero-order valence-corrected chi connectivity index (χ0v) is 13.5. The lowest BCUT2D eigenvalue weighted by atomic mass is 9.83. The predicted octanol–water partition coefficient (Wildman–Crippen LogP) is 3.77. The highest BCUT2D eigenvalue weighted by molar-refractivity contribution is 5.26. The van der Waals surface area contributed by atoms with Crippen molar-refractivity contribution in [1.82, 2.24) is 14.5 Å². The van der Waals surface area contributed by atoms with Crippen molar-refractivity contribution in [3.63, 3.8) is 0 Å². The maximum atomic E-state index is 4.29. The van der Waals surface area contributed by atoms with Gasteiger partial charge in [0.05, 0.1) is 11.9 Å². The molecule has 0 aliphatic heterocycles. The third-order valence-corrected chi connectivity index (χ3v) is 4.08. The molecule has 1 atom stereocenters. The Morgan fingerprint density at radius 3 is 2.48 bits per heavy atom. The van der Waals surface area contributed by atoms with E-state index in [0.29, 0.717) is 0 Å². The monoisotopic (exact) mass is 285 g/mol. The average Bonchev–Trinajstić information content (AvgIpc) is 3.01. The van der Waals surface area contributed by atoms with E-state index in [0.717, 1.165) is 13.0 Å². The zero-order chi connectivity index (χ0) is 15.1. The van der Waals surface area contributed by atoms with E-state index in [1.54, 1.807) is 0 Å². The van der Waals surface area contributed by atoms with E-state index in [1.807, 2.05) is 12.5 Å². The van der Waals surface area contributed by atoms with Crippen LogP contribution in [0.5, 0.6) is 0 Å². The molecule has 0 radical (unpaired) electrons. The summed E-state index contributed by atoms with van der Waals surface area (Å²) in [5.74, 6) is 0. The van der Waals surface area contributed by atoms with Gasteiger partial charge < -0.3 is 9.47 Å². The molecule has 114 valence electrons. The number of imidazole rings is 1. The molecule has 1 aromatic heterocycles. The van der Waals surface area contributed by atoms with Crippen molar-refractivity contribution in [3.8, 4) is 0 Å². The Morgan fingerprint density at radius 2 is 1.90 bits per heavy atom. The largest absolute Gasteiger partial charge is 0.326 e. The van der Waals surface area contributed by atoms with Gasteiger partial charge in [-0.25, -0.2) is 4.98 Å². The second kappa shape index (κ2) is 7.41. The van der Waals surface area contributed by atoms with Gasteiger partial charge in [-0.1, -0.05) is 56.5 Å². The van der Waals surface area contributed by atoms with Crippen LogP contribution in [0.1, 0.15) is 38.2 Å². The van der Waals surface area contributed by atoms with Crippen molar-refractivity contribution in [1.29, 1.82) is 0 Å². The first-order valence-corrected chi connectivity index (χ1v) is 7.88. The maximum Gasteiger partial charge on any atom is 0.0954 e. The quantitative estimate of drug-likeness (QED) is 0.688. The molecule has 0 aliphatic rings. The average molecular weight is 285 g/mol. The number of likely N-dealkylation sites (N-methyl/N-ethyl adjacent to an activating group) is 1. The minimum absolute atomic E-state index is 0.0313. The van der Waals surface area contributed by atoms with E-state index < -0.39 is 0 Å². The minimum atomic E-state index is -0.0313. The fourth-order valence-electron chi connectivity index (χ4n) is 3.13. The van der Waals surface area contributed by atoms with Crippen LogP contribution in [0.4, 0.5) is 0 Å². The topological polar surface area (TPSA) is 21.1 Å². The lowest BCUT2D eigenvalue weighted by Crippen LogP contribution is -2.43. The van der Waals surface area contributed by atoms with E-state index in [4.69, 9.17) is 0 Å². The van der Waals surface area contributed by atoms with Crippen molar-refractivity contribution in [2.75, 3.05) is 20.6 Å². The van der Waals surface area contributed by atoms with Crippen LogP contribution in [-0.2, 0) is 5.54 Å². The number of benzene rings is 1. The molecule has 21 heavy (non-hydrogen) atoms. The summed E-state index contributed by atoms with van der Waals surface area (Å²) in [4.78, 5) is 6.57. The van der Waals surface area contributed by atoms with E-state index in [1.165, 1.54) is 24.8 Å². The molecule has 0 spiro atoms. The van der Waals surface area contributed by atoms with Gasteiger partial charge in [-0.3, -0.25) is 0 Å². The van der Waals surface area contributed by atoms with Crippen LogP contribution in [-0.4, -0.2) is 35.1 Å². The number of hydrogen-bond acceptors (Lipinski definition) is 2. The first-order valence-electron chi connectivity index (χ1n) is 7.88. The van der Waals surface area contributed by atoms with Gasteiger partial charge in [0.25, 0.3) is 0 Å². The smallest absolute Gasteiger partial charge is 0.0954 e. The molecule has 0 bridgehead atoms. The predicted molar refractivity (Wildman–Crippen MR) is 88.4 cm³/mol. The van der Waals surface area contributed by atoms with E-state index in [-0.39, 0.29) is 5.54 Å². The van der Waals surface area contributed by atoms with Crippen molar-refractivity contribution >= 4 is 0 Å². The SMILES string of the molecule is CCCCCC(CN(C)C)(c1ccccc1)n1ccnc1. The second-order valence-corrected chi connectivity index (χ2v) is 6.06. The molecule has 2 rings (SSSR count). The molecule has 0 fully saturated rings. The van der Waals surface area contributed by atoms with Crippen molar-refractivity contribution in [2.24, 2.45) is 0 Å². The number of hydrogen-bond donors (Lipinski definition) is 0. The van der Waals surface area contributed by atoms with E-state index >= 15 is 0 Å². The maximum absolute atomic E-state index is 4.29. The molecule has 1 unspecified atom stereocenters. The van der Waals surface area contributed by atoms with Gasteiger partial charge in [-0.05, 0) is 26.1 Å². The van der Waals surface area contributed by atoms with Crippen LogP contribution in [0.3, 0.4) is 0 Å². The van der Waals surface area contributed by atoms with Crippen LogP contribution in [0, 0.1) is 0 Å². The third-order valence-electron chi connectivity index (χ3n) is 4.08. The highest BCUT2D eigenvalue weighted by Gasteiger charge is 2.33. The van der Waals surface area contributed by atoms with Gasteiger partial charge >= 0.3 is 0 Å². The van der Waals surface area contributed by atoms with Crippen LogP contribution in [0.25, 0.3) is 0 Å². The summed E-state index contributed by atoms with van der Waals surface area (Å²) >= 11 is 0. The van der Waals surface area contributed by atoms with Gasteiger partial charge in [0.2, 0.25) is 0 Å². The molecule has 3 heteroatoms. The van der Waals surface area contributed by atoms with Gasteiger partial charge in [0, 0.05) is 18.9 Å². The summed E-state index contributed by atoms with van der Waals surface area (Å²) in [6, 6.07) is 10.8. The second-order valence-electron chi connectivity index (χ2n) is 6.06. The van der Waals surface area contributed by atoms with Gasteiger partial charge in [-0.2, -0.15) is 0 Å². The van der Waals surface area contributed by atoms with Gasteiger partial charge in [0.1, 0.15) is 0 Å². The summed E-state index contributed by atoms with van der Waals surface area (Å²) in [7, 11) is 4.29.